The molecule has 5 rings (SSSR count). The SMILES string of the molecule is Cc1nnc(-c2ncc(-c3cccc4c3C(=O)N([C@H](C3CC3)C(C)(C)O)C4)cc2F)o1. The Morgan fingerprint density at radius 2 is 2.06 bits per heavy atom. The number of benzene rings is 1. The first-order valence-electron chi connectivity index (χ1n) is 10.4. The van der Waals surface area contributed by atoms with Crippen LogP contribution in [0, 0.1) is 18.7 Å². The number of fused-ring (bicyclic) bond motifs is 1. The summed E-state index contributed by atoms with van der Waals surface area (Å²) < 4.78 is 20.1. The predicted octanol–water partition coefficient (Wildman–Crippen LogP) is 3.75. The molecule has 160 valence electrons. The van der Waals surface area contributed by atoms with Gasteiger partial charge in [-0.15, -0.1) is 10.2 Å². The first-order chi connectivity index (χ1) is 14.7. The smallest absolute Gasteiger partial charge is 0.269 e. The van der Waals surface area contributed by atoms with E-state index in [4.69, 9.17) is 4.42 Å². The highest BCUT2D eigenvalue weighted by Crippen LogP contribution is 2.44. The van der Waals surface area contributed by atoms with Crippen LogP contribution in [0.15, 0.2) is 34.9 Å². The number of hydrogen-bond acceptors (Lipinski definition) is 6. The van der Waals surface area contributed by atoms with Crippen molar-refractivity contribution in [2.24, 2.45) is 5.92 Å². The van der Waals surface area contributed by atoms with Gasteiger partial charge in [0.25, 0.3) is 11.8 Å². The van der Waals surface area contributed by atoms with E-state index in [1.54, 1.807) is 31.7 Å². The Balaban J connectivity index is 1.53. The van der Waals surface area contributed by atoms with Crippen LogP contribution in [0.3, 0.4) is 0 Å². The number of carbonyl (C=O) groups excluding carboxylic acids is 1. The van der Waals surface area contributed by atoms with Crippen LogP contribution in [0.1, 0.15) is 48.5 Å². The molecule has 2 aliphatic rings. The number of carbonyl (C=O) groups is 1. The zero-order chi connectivity index (χ0) is 21.9. The van der Waals surface area contributed by atoms with Crippen LogP contribution >= 0.6 is 0 Å². The van der Waals surface area contributed by atoms with Gasteiger partial charge < -0.3 is 14.4 Å². The average molecular weight is 422 g/mol. The summed E-state index contributed by atoms with van der Waals surface area (Å²) in [5.41, 5.74) is 1.50. The van der Waals surface area contributed by atoms with Gasteiger partial charge in [0.1, 0.15) is 0 Å². The summed E-state index contributed by atoms with van der Waals surface area (Å²) in [4.78, 5) is 19.4. The molecule has 1 amide bonds. The van der Waals surface area contributed by atoms with Crippen molar-refractivity contribution < 1.29 is 18.7 Å². The Morgan fingerprint density at radius 1 is 1.29 bits per heavy atom. The van der Waals surface area contributed by atoms with Crippen molar-refractivity contribution >= 4 is 5.91 Å². The van der Waals surface area contributed by atoms with Crippen LogP contribution in [0.25, 0.3) is 22.7 Å². The topological polar surface area (TPSA) is 92.4 Å². The molecule has 3 heterocycles. The van der Waals surface area contributed by atoms with E-state index in [0.717, 1.165) is 18.4 Å². The lowest BCUT2D eigenvalue weighted by molar-refractivity contribution is -0.0224. The molecule has 8 heteroatoms. The monoisotopic (exact) mass is 422 g/mol. The molecule has 0 spiro atoms. The fourth-order valence-electron chi connectivity index (χ4n) is 4.61. The second-order valence-corrected chi connectivity index (χ2v) is 8.89. The molecule has 1 atom stereocenters. The molecule has 0 bridgehead atoms. The largest absolute Gasteiger partial charge is 0.420 e. The van der Waals surface area contributed by atoms with E-state index >= 15 is 0 Å². The van der Waals surface area contributed by atoms with Crippen LogP contribution in [-0.2, 0) is 6.54 Å². The molecule has 1 aliphatic carbocycles. The molecule has 1 fully saturated rings. The van der Waals surface area contributed by atoms with Crippen molar-refractivity contribution in [1.29, 1.82) is 0 Å². The first-order valence-corrected chi connectivity index (χ1v) is 10.4. The molecule has 2 aromatic heterocycles. The highest BCUT2D eigenvalue weighted by atomic mass is 19.1. The number of aromatic nitrogens is 3. The normalized spacial score (nSPS) is 17.2. The summed E-state index contributed by atoms with van der Waals surface area (Å²) in [6, 6.07) is 6.64. The second kappa shape index (κ2) is 6.95. The maximum Gasteiger partial charge on any atom is 0.269 e. The molecule has 3 aromatic rings. The highest BCUT2D eigenvalue weighted by molar-refractivity contribution is 6.04. The van der Waals surface area contributed by atoms with Gasteiger partial charge in [0.2, 0.25) is 5.89 Å². The number of amides is 1. The van der Waals surface area contributed by atoms with Crippen molar-refractivity contribution in [1.82, 2.24) is 20.1 Å². The van der Waals surface area contributed by atoms with Gasteiger partial charge >= 0.3 is 0 Å². The summed E-state index contributed by atoms with van der Waals surface area (Å²) in [5, 5.41) is 18.3. The fourth-order valence-corrected chi connectivity index (χ4v) is 4.61. The molecule has 0 unspecified atom stereocenters. The Kier molecular flexibility index (Phi) is 4.44. The maximum atomic E-state index is 14.8. The number of hydrogen-bond donors (Lipinski definition) is 1. The third-order valence-electron chi connectivity index (χ3n) is 5.98. The van der Waals surface area contributed by atoms with Gasteiger partial charge in [-0.25, -0.2) is 9.37 Å². The van der Waals surface area contributed by atoms with Crippen molar-refractivity contribution in [2.45, 2.75) is 51.8 Å². The predicted molar refractivity (Wildman–Crippen MR) is 110 cm³/mol. The van der Waals surface area contributed by atoms with E-state index in [0.29, 0.717) is 35.0 Å². The minimum absolute atomic E-state index is 0.0135. The van der Waals surface area contributed by atoms with E-state index in [1.165, 1.54) is 12.3 Å². The third-order valence-corrected chi connectivity index (χ3v) is 5.98. The number of aryl methyl sites for hydroxylation is 1. The van der Waals surface area contributed by atoms with E-state index in [-0.39, 0.29) is 23.5 Å². The Hall–Kier alpha value is -3.13. The second-order valence-electron chi connectivity index (χ2n) is 8.89. The molecule has 1 N–H and O–H groups in total. The van der Waals surface area contributed by atoms with E-state index in [1.807, 2.05) is 12.1 Å². The number of nitrogens with zero attached hydrogens (tertiary/aromatic N) is 4. The van der Waals surface area contributed by atoms with Gasteiger partial charge in [0, 0.05) is 25.2 Å². The van der Waals surface area contributed by atoms with Gasteiger partial charge in [-0.05, 0) is 49.8 Å². The van der Waals surface area contributed by atoms with Gasteiger partial charge in [-0.3, -0.25) is 4.79 Å². The van der Waals surface area contributed by atoms with Crippen molar-refractivity contribution in [3.05, 3.63) is 53.3 Å². The molecular formula is C23H23FN4O3. The molecule has 31 heavy (non-hydrogen) atoms. The fraction of sp³-hybridized carbons (Fsp3) is 0.391. The maximum absolute atomic E-state index is 14.8. The number of rotatable bonds is 5. The molecule has 1 aliphatic heterocycles. The highest BCUT2D eigenvalue weighted by Gasteiger charge is 2.48. The van der Waals surface area contributed by atoms with Crippen LogP contribution in [0.2, 0.25) is 0 Å². The van der Waals surface area contributed by atoms with Crippen molar-refractivity contribution in [3.63, 3.8) is 0 Å². The van der Waals surface area contributed by atoms with Crippen LogP contribution in [0.4, 0.5) is 4.39 Å². The van der Waals surface area contributed by atoms with Gasteiger partial charge in [-0.2, -0.15) is 0 Å². The zero-order valence-electron chi connectivity index (χ0n) is 17.6. The molecule has 1 saturated carbocycles. The Bertz CT molecular complexity index is 1180. The zero-order valence-corrected chi connectivity index (χ0v) is 17.6. The molecule has 0 saturated heterocycles. The standard InChI is InChI=1S/C23H23FN4O3/c1-12-26-27-21(31-12)19-17(24)9-15(10-25-19)16-6-4-5-14-11-28(22(29)18(14)16)20(13-7-8-13)23(2,3)30/h4-6,9-10,13,20,30H,7-8,11H2,1-3H3/t20-/m1/s1. The quantitative estimate of drug-likeness (QED) is 0.673. The van der Waals surface area contributed by atoms with E-state index in [2.05, 4.69) is 15.2 Å². The van der Waals surface area contributed by atoms with Gasteiger partial charge in [0.05, 0.1) is 17.2 Å². The van der Waals surface area contributed by atoms with Gasteiger partial charge in [0.15, 0.2) is 11.5 Å². The van der Waals surface area contributed by atoms with Gasteiger partial charge in [-0.1, -0.05) is 18.2 Å². The number of aliphatic hydroxyl groups is 1. The molecule has 0 radical (unpaired) electrons. The lowest BCUT2D eigenvalue weighted by atomic mass is 9.93. The van der Waals surface area contributed by atoms with Crippen molar-refractivity contribution in [3.8, 4) is 22.7 Å². The molecule has 1 aromatic carbocycles. The van der Waals surface area contributed by atoms with E-state index in [9.17, 15) is 14.3 Å². The van der Waals surface area contributed by atoms with Crippen LogP contribution < -0.4 is 0 Å². The number of pyridine rings is 1. The Labute approximate surface area is 178 Å². The first kappa shape index (κ1) is 19.8. The van der Waals surface area contributed by atoms with Crippen LogP contribution in [0.5, 0.6) is 0 Å². The summed E-state index contributed by atoms with van der Waals surface area (Å²) >= 11 is 0. The third kappa shape index (κ3) is 3.40. The summed E-state index contributed by atoms with van der Waals surface area (Å²) in [6.45, 7) is 5.56. The van der Waals surface area contributed by atoms with Crippen molar-refractivity contribution in [2.75, 3.05) is 0 Å². The van der Waals surface area contributed by atoms with E-state index < -0.39 is 11.4 Å². The lowest BCUT2D eigenvalue weighted by Gasteiger charge is -2.37. The summed E-state index contributed by atoms with van der Waals surface area (Å²) in [6.07, 6.45) is 3.53. The summed E-state index contributed by atoms with van der Waals surface area (Å²) in [5.74, 6) is -0.101. The summed E-state index contributed by atoms with van der Waals surface area (Å²) in [7, 11) is 0. The molecule has 7 nitrogen and oxygen atoms in total. The minimum atomic E-state index is -1.00. The molecular weight excluding hydrogens is 399 g/mol. The average Bonchev–Trinajstić information content (AvgIpc) is 3.35. The number of halogens is 1. The Morgan fingerprint density at radius 3 is 2.68 bits per heavy atom. The van der Waals surface area contributed by atoms with Crippen LogP contribution in [-0.4, -0.2) is 42.7 Å². The minimum Gasteiger partial charge on any atom is -0.420 e. The lowest BCUT2D eigenvalue weighted by Crippen LogP contribution is -2.51.